The van der Waals surface area contributed by atoms with Gasteiger partial charge in [-0.25, -0.2) is 15.0 Å². The minimum atomic E-state index is -0.00734. The van der Waals surface area contributed by atoms with Gasteiger partial charge in [0.05, 0.1) is 31.9 Å². The molecule has 0 bridgehead atoms. The smallest absolute Gasteiger partial charge is 0.238 e. The monoisotopic (exact) mass is 471 g/mol. The Labute approximate surface area is 206 Å². The molecule has 0 fully saturated rings. The number of hydrogen-bond donors (Lipinski definition) is 0. The Kier molecular flexibility index (Phi) is 5.87. The lowest BCUT2D eigenvalue weighted by molar-refractivity contribution is 0.396. The van der Waals surface area contributed by atoms with Gasteiger partial charge in [0.1, 0.15) is 23.0 Å². The summed E-state index contributed by atoms with van der Waals surface area (Å²) in [5.74, 6) is 2.81. The Bertz CT molecular complexity index is 1360. The van der Waals surface area contributed by atoms with Crippen LogP contribution < -0.4 is 9.47 Å². The standard InChI is InChI=1S/C28H33N5O2/c1-18-15-33(17-29-18)24-11-10-22(31-27(24)35-6)23-16-32-13-7-8-20(26(32)30-23)19-9-12-25(34-5)21(14-19)28(2,3)4/h9-12,14-17,20H,7-8,13H2,1-6H3/t20-/m0/s1. The fourth-order valence-corrected chi connectivity index (χ4v) is 4.93. The summed E-state index contributed by atoms with van der Waals surface area (Å²) in [6.07, 6.45) is 8.04. The number of aryl methyl sites for hydroxylation is 2. The molecular weight excluding hydrogens is 438 g/mol. The lowest BCUT2D eigenvalue weighted by atomic mass is 9.82. The van der Waals surface area contributed by atoms with Gasteiger partial charge in [-0.2, -0.15) is 0 Å². The molecule has 7 nitrogen and oxygen atoms in total. The molecule has 1 atom stereocenters. The van der Waals surface area contributed by atoms with E-state index in [1.807, 2.05) is 29.8 Å². The zero-order valence-corrected chi connectivity index (χ0v) is 21.4. The molecule has 0 saturated heterocycles. The predicted octanol–water partition coefficient (Wildman–Crippen LogP) is 5.68. The minimum Gasteiger partial charge on any atom is -0.496 e. The van der Waals surface area contributed by atoms with Crippen molar-refractivity contribution in [3.8, 4) is 28.7 Å². The Balaban J connectivity index is 1.52. The molecule has 182 valence electrons. The molecule has 0 saturated carbocycles. The first-order chi connectivity index (χ1) is 16.8. The maximum Gasteiger partial charge on any atom is 0.238 e. The fraction of sp³-hybridized carbons (Fsp3) is 0.393. The lowest BCUT2D eigenvalue weighted by Gasteiger charge is -2.27. The molecule has 0 spiro atoms. The molecule has 35 heavy (non-hydrogen) atoms. The summed E-state index contributed by atoms with van der Waals surface area (Å²) in [5.41, 5.74) is 5.95. The van der Waals surface area contributed by atoms with E-state index in [0.29, 0.717) is 5.88 Å². The average Bonchev–Trinajstić information content (AvgIpc) is 3.49. The van der Waals surface area contributed by atoms with E-state index in [2.05, 4.69) is 54.7 Å². The molecule has 0 radical (unpaired) electrons. The highest BCUT2D eigenvalue weighted by Gasteiger charge is 2.28. The quantitative estimate of drug-likeness (QED) is 0.375. The third-order valence-electron chi connectivity index (χ3n) is 6.73. The Morgan fingerprint density at radius 1 is 0.971 bits per heavy atom. The van der Waals surface area contributed by atoms with Gasteiger partial charge in [0, 0.05) is 24.9 Å². The van der Waals surface area contributed by atoms with Crippen LogP contribution in [0.25, 0.3) is 17.1 Å². The van der Waals surface area contributed by atoms with E-state index < -0.39 is 0 Å². The topological polar surface area (TPSA) is 67.0 Å². The summed E-state index contributed by atoms with van der Waals surface area (Å²) in [7, 11) is 3.38. The highest BCUT2D eigenvalue weighted by molar-refractivity contribution is 5.59. The zero-order chi connectivity index (χ0) is 24.7. The van der Waals surface area contributed by atoms with E-state index in [4.69, 9.17) is 19.4 Å². The van der Waals surface area contributed by atoms with Crippen LogP contribution in [0.2, 0.25) is 0 Å². The van der Waals surface area contributed by atoms with Gasteiger partial charge < -0.3 is 18.6 Å². The second-order valence-corrected chi connectivity index (χ2v) is 10.2. The fourth-order valence-electron chi connectivity index (χ4n) is 4.93. The van der Waals surface area contributed by atoms with Gasteiger partial charge in [0.15, 0.2) is 0 Å². The van der Waals surface area contributed by atoms with Crippen molar-refractivity contribution in [2.24, 2.45) is 0 Å². The molecule has 1 aliphatic rings. The van der Waals surface area contributed by atoms with Crippen molar-refractivity contribution in [2.45, 2.75) is 58.4 Å². The summed E-state index contributed by atoms with van der Waals surface area (Å²) < 4.78 is 15.5. The normalized spacial score (nSPS) is 15.7. The number of ether oxygens (including phenoxy) is 2. The van der Waals surface area contributed by atoms with E-state index in [-0.39, 0.29) is 11.3 Å². The van der Waals surface area contributed by atoms with E-state index in [9.17, 15) is 0 Å². The van der Waals surface area contributed by atoms with E-state index in [1.165, 1.54) is 11.1 Å². The van der Waals surface area contributed by atoms with E-state index in [1.54, 1.807) is 20.5 Å². The molecule has 3 aromatic heterocycles. The molecule has 1 aliphatic heterocycles. The number of fused-ring (bicyclic) bond motifs is 1. The van der Waals surface area contributed by atoms with Crippen LogP contribution in [0.3, 0.4) is 0 Å². The molecule has 7 heteroatoms. The summed E-state index contributed by atoms with van der Waals surface area (Å²) >= 11 is 0. The molecule has 4 aromatic rings. The number of nitrogens with zero attached hydrogens (tertiary/aromatic N) is 5. The molecule has 5 rings (SSSR count). The van der Waals surface area contributed by atoms with Gasteiger partial charge in [0.2, 0.25) is 5.88 Å². The van der Waals surface area contributed by atoms with Crippen molar-refractivity contribution in [2.75, 3.05) is 14.2 Å². The van der Waals surface area contributed by atoms with Crippen molar-refractivity contribution in [3.05, 3.63) is 71.7 Å². The predicted molar refractivity (Wildman–Crippen MR) is 137 cm³/mol. The highest BCUT2D eigenvalue weighted by Crippen LogP contribution is 2.39. The molecule has 0 N–H and O–H groups in total. The summed E-state index contributed by atoms with van der Waals surface area (Å²) in [5, 5.41) is 0. The molecule has 0 unspecified atom stereocenters. The molecule has 4 heterocycles. The summed E-state index contributed by atoms with van der Waals surface area (Å²) in [6, 6.07) is 10.6. The third kappa shape index (κ3) is 4.31. The third-order valence-corrected chi connectivity index (χ3v) is 6.73. The maximum atomic E-state index is 5.66. The first-order valence-corrected chi connectivity index (χ1v) is 12.1. The SMILES string of the molecule is COc1ccc([C@@H]2CCCn3cc(-c4ccc(-n5cnc(C)c5)c(OC)n4)nc32)cc1C(C)(C)C. The largest absolute Gasteiger partial charge is 0.496 e. The van der Waals surface area contributed by atoms with Crippen LogP contribution in [0.4, 0.5) is 0 Å². The highest BCUT2D eigenvalue weighted by atomic mass is 16.5. The number of imidazole rings is 2. The van der Waals surface area contributed by atoms with Crippen molar-refractivity contribution in [3.63, 3.8) is 0 Å². The number of methoxy groups -OCH3 is 2. The van der Waals surface area contributed by atoms with Crippen LogP contribution >= 0.6 is 0 Å². The first kappa shape index (κ1) is 23.1. The van der Waals surface area contributed by atoms with Gasteiger partial charge in [-0.1, -0.05) is 32.9 Å². The Morgan fingerprint density at radius 3 is 2.49 bits per heavy atom. The number of pyridine rings is 1. The van der Waals surface area contributed by atoms with Crippen LogP contribution in [0.15, 0.2) is 49.1 Å². The molecule has 0 amide bonds. The number of aromatic nitrogens is 5. The summed E-state index contributed by atoms with van der Waals surface area (Å²) in [4.78, 5) is 14.2. The minimum absolute atomic E-state index is 0.00734. The van der Waals surface area contributed by atoms with E-state index >= 15 is 0 Å². The van der Waals surface area contributed by atoms with Crippen molar-refractivity contribution >= 4 is 0 Å². The zero-order valence-electron chi connectivity index (χ0n) is 21.4. The lowest BCUT2D eigenvalue weighted by Crippen LogP contribution is -2.18. The van der Waals surface area contributed by atoms with Crippen molar-refractivity contribution in [1.29, 1.82) is 0 Å². The first-order valence-electron chi connectivity index (χ1n) is 12.1. The summed E-state index contributed by atoms with van der Waals surface area (Å²) in [6.45, 7) is 9.60. The average molecular weight is 472 g/mol. The number of hydrogen-bond acceptors (Lipinski definition) is 5. The van der Waals surface area contributed by atoms with Crippen LogP contribution in [-0.2, 0) is 12.0 Å². The Hall–Kier alpha value is -3.61. The van der Waals surface area contributed by atoms with Gasteiger partial charge in [0.25, 0.3) is 0 Å². The molecule has 1 aromatic carbocycles. The van der Waals surface area contributed by atoms with Crippen LogP contribution in [0.1, 0.15) is 62.2 Å². The van der Waals surface area contributed by atoms with Crippen LogP contribution in [0, 0.1) is 6.92 Å². The van der Waals surface area contributed by atoms with Crippen LogP contribution in [0.5, 0.6) is 11.6 Å². The van der Waals surface area contributed by atoms with Gasteiger partial charge in [-0.05, 0) is 54.5 Å². The van der Waals surface area contributed by atoms with Gasteiger partial charge in [-0.15, -0.1) is 0 Å². The van der Waals surface area contributed by atoms with Crippen molar-refractivity contribution in [1.82, 2.24) is 24.1 Å². The molecule has 0 aliphatic carbocycles. The number of benzene rings is 1. The Morgan fingerprint density at radius 2 is 1.80 bits per heavy atom. The number of rotatable bonds is 5. The van der Waals surface area contributed by atoms with Gasteiger partial charge >= 0.3 is 0 Å². The molecular formula is C28H33N5O2. The second-order valence-electron chi connectivity index (χ2n) is 10.2. The van der Waals surface area contributed by atoms with Crippen molar-refractivity contribution < 1.29 is 9.47 Å². The van der Waals surface area contributed by atoms with Crippen LogP contribution in [-0.4, -0.2) is 38.3 Å². The van der Waals surface area contributed by atoms with E-state index in [0.717, 1.165) is 53.7 Å². The van der Waals surface area contributed by atoms with Gasteiger partial charge in [-0.3, -0.25) is 0 Å². The maximum absolute atomic E-state index is 5.66. The second kappa shape index (κ2) is 8.87.